The van der Waals surface area contributed by atoms with Crippen LogP contribution in [0.5, 0.6) is 5.75 Å². The van der Waals surface area contributed by atoms with E-state index in [4.69, 9.17) is 4.74 Å². The molecule has 0 radical (unpaired) electrons. The minimum absolute atomic E-state index is 0.0401. The van der Waals surface area contributed by atoms with Gasteiger partial charge in [0, 0.05) is 23.6 Å². The lowest BCUT2D eigenvalue weighted by Crippen LogP contribution is -2.50. The van der Waals surface area contributed by atoms with E-state index in [-0.39, 0.29) is 23.9 Å². The Morgan fingerprint density at radius 2 is 1.96 bits per heavy atom. The quantitative estimate of drug-likeness (QED) is 0.912. The standard InChI is InChI=1S/C19H19FN2O2/c1-11(2)22-15-7-8-16-14(9-10-24-16)17(15)18(21-19(22)23)12-3-5-13(20)6-4-12/h3-8,11,18H,9-10H2,1-2H3,(H,21,23). The summed E-state index contributed by atoms with van der Waals surface area (Å²) in [4.78, 5) is 14.4. The van der Waals surface area contributed by atoms with Gasteiger partial charge in [-0.3, -0.25) is 4.90 Å². The maximum absolute atomic E-state index is 13.3. The van der Waals surface area contributed by atoms with E-state index < -0.39 is 0 Å². The van der Waals surface area contributed by atoms with E-state index >= 15 is 0 Å². The Hall–Kier alpha value is -2.56. The summed E-state index contributed by atoms with van der Waals surface area (Å²) in [7, 11) is 0. The predicted molar refractivity (Wildman–Crippen MR) is 90.0 cm³/mol. The van der Waals surface area contributed by atoms with E-state index in [1.54, 1.807) is 17.0 Å². The third kappa shape index (κ3) is 2.23. The molecule has 24 heavy (non-hydrogen) atoms. The molecule has 0 aliphatic carbocycles. The Morgan fingerprint density at radius 3 is 2.67 bits per heavy atom. The normalized spacial score (nSPS) is 18.9. The molecule has 2 aromatic rings. The van der Waals surface area contributed by atoms with E-state index in [2.05, 4.69) is 5.32 Å². The lowest BCUT2D eigenvalue weighted by molar-refractivity contribution is 0.241. The number of nitrogens with one attached hydrogen (secondary N) is 1. The van der Waals surface area contributed by atoms with Crippen LogP contribution in [-0.4, -0.2) is 18.7 Å². The highest BCUT2D eigenvalue weighted by Gasteiger charge is 2.36. The topological polar surface area (TPSA) is 41.6 Å². The number of halogens is 1. The monoisotopic (exact) mass is 326 g/mol. The highest BCUT2D eigenvalue weighted by Crippen LogP contribution is 2.43. The van der Waals surface area contributed by atoms with Gasteiger partial charge in [-0.1, -0.05) is 12.1 Å². The number of ether oxygens (including phenoxy) is 1. The van der Waals surface area contributed by atoms with Crippen molar-refractivity contribution in [3.63, 3.8) is 0 Å². The minimum atomic E-state index is -0.292. The average Bonchev–Trinajstić information content (AvgIpc) is 3.02. The van der Waals surface area contributed by atoms with E-state index in [9.17, 15) is 9.18 Å². The molecule has 2 amide bonds. The Bertz CT molecular complexity index is 802. The molecule has 0 fully saturated rings. The molecule has 124 valence electrons. The van der Waals surface area contributed by atoms with E-state index in [1.165, 1.54) is 12.1 Å². The second-order valence-electron chi connectivity index (χ2n) is 6.47. The number of carbonyl (C=O) groups excluding carboxylic acids is 1. The molecule has 2 aliphatic rings. The highest BCUT2D eigenvalue weighted by molar-refractivity contribution is 5.97. The van der Waals surface area contributed by atoms with Crippen molar-refractivity contribution in [2.24, 2.45) is 0 Å². The lowest BCUT2D eigenvalue weighted by atomic mass is 9.89. The SMILES string of the molecule is CC(C)N1C(=O)NC(c2ccc(F)cc2)c2c1ccc1c2CCO1. The Kier molecular flexibility index (Phi) is 3.44. The van der Waals surface area contributed by atoms with E-state index in [0.717, 1.165) is 34.5 Å². The Balaban J connectivity index is 1.92. The van der Waals surface area contributed by atoms with Crippen molar-refractivity contribution >= 4 is 11.7 Å². The number of hydrogen-bond acceptors (Lipinski definition) is 2. The number of carbonyl (C=O) groups is 1. The molecule has 2 aromatic carbocycles. The summed E-state index contributed by atoms with van der Waals surface area (Å²) in [5.74, 6) is 0.590. The first-order chi connectivity index (χ1) is 11.6. The minimum Gasteiger partial charge on any atom is -0.493 e. The molecule has 2 aliphatic heterocycles. The van der Waals surface area contributed by atoms with Gasteiger partial charge in [0.05, 0.1) is 18.3 Å². The van der Waals surface area contributed by atoms with Crippen LogP contribution in [0, 0.1) is 5.82 Å². The van der Waals surface area contributed by atoms with Crippen molar-refractivity contribution in [3.8, 4) is 5.75 Å². The smallest absolute Gasteiger partial charge is 0.322 e. The van der Waals surface area contributed by atoms with Gasteiger partial charge in [-0.25, -0.2) is 9.18 Å². The second kappa shape index (κ2) is 5.51. The van der Waals surface area contributed by atoms with E-state index in [0.29, 0.717) is 6.61 Å². The van der Waals surface area contributed by atoms with Crippen LogP contribution in [-0.2, 0) is 6.42 Å². The third-order valence-electron chi connectivity index (χ3n) is 4.66. The van der Waals surface area contributed by atoms with Crippen molar-refractivity contribution in [1.29, 1.82) is 0 Å². The van der Waals surface area contributed by atoms with Gasteiger partial charge >= 0.3 is 6.03 Å². The molecular weight excluding hydrogens is 307 g/mol. The number of nitrogens with zero attached hydrogens (tertiary/aromatic N) is 1. The molecule has 4 nitrogen and oxygen atoms in total. The number of benzene rings is 2. The van der Waals surface area contributed by atoms with Crippen molar-refractivity contribution in [1.82, 2.24) is 5.32 Å². The van der Waals surface area contributed by atoms with Gasteiger partial charge in [0.15, 0.2) is 0 Å². The zero-order valence-electron chi connectivity index (χ0n) is 13.7. The summed E-state index contributed by atoms with van der Waals surface area (Å²) in [5, 5.41) is 3.08. The maximum Gasteiger partial charge on any atom is 0.322 e. The predicted octanol–water partition coefficient (Wildman–Crippen LogP) is 3.79. The van der Waals surface area contributed by atoms with Crippen LogP contribution in [0.2, 0.25) is 0 Å². The third-order valence-corrected chi connectivity index (χ3v) is 4.66. The fourth-order valence-corrected chi connectivity index (χ4v) is 3.61. The zero-order chi connectivity index (χ0) is 16.8. The lowest BCUT2D eigenvalue weighted by Gasteiger charge is -2.38. The van der Waals surface area contributed by atoms with Crippen molar-refractivity contribution in [3.05, 3.63) is 58.9 Å². The molecule has 2 heterocycles. The highest BCUT2D eigenvalue weighted by atomic mass is 19.1. The largest absolute Gasteiger partial charge is 0.493 e. The van der Waals surface area contributed by atoms with Gasteiger partial charge in [0.1, 0.15) is 11.6 Å². The van der Waals surface area contributed by atoms with Gasteiger partial charge < -0.3 is 10.1 Å². The first-order valence-electron chi connectivity index (χ1n) is 8.20. The van der Waals surface area contributed by atoms with Crippen molar-refractivity contribution < 1.29 is 13.9 Å². The van der Waals surface area contributed by atoms with Crippen LogP contribution in [0.25, 0.3) is 0 Å². The van der Waals surface area contributed by atoms with Gasteiger partial charge in [0.2, 0.25) is 0 Å². The maximum atomic E-state index is 13.3. The molecular formula is C19H19FN2O2. The summed E-state index contributed by atoms with van der Waals surface area (Å²) in [6.07, 6.45) is 0.817. The summed E-state index contributed by atoms with van der Waals surface area (Å²) < 4.78 is 19.0. The molecule has 0 bridgehead atoms. The molecule has 1 atom stereocenters. The second-order valence-corrected chi connectivity index (χ2v) is 6.47. The summed E-state index contributed by atoms with van der Waals surface area (Å²) in [6.45, 7) is 4.63. The van der Waals surface area contributed by atoms with Crippen LogP contribution >= 0.6 is 0 Å². The van der Waals surface area contributed by atoms with Crippen molar-refractivity contribution in [2.75, 3.05) is 11.5 Å². The number of urea groups is 1. The molecule has 0 spiro atoms. The number of fused-ring (bicyclic) bond motifs is 3. The number of amides is 2. The average molecular weight is 326 g/mol. The fourth-order valence-electron chi connectivity index (χ4n) is 3.61. The van der Waals surface area contributed by atoms with Crippen LogP contribution in [0.15, 0.2) is 36.4 Å². The molecule has 0 aromatic heterocycles. The van der Waals surface area contributed by atoms with Crippen LogP contribution in [0.4, 0.5) is 14.9 Å². The number of rotatable bonds is 2. The zero-order valence-corrected chi connectivity index (χ0v) is 13.7. The molecule has 0 saturated carbocycles. The van der Waals surface area contributed by atoms with Crippen LogP contribution < -0.4 is 15.0 Å². The fraction of sp³-hybridized carbons (Fsp3) is 0.316. The van der Waals surface area contributed by atoms with Gasteiger partial charge in [-0.2, -0.15) is 0 Å². The van der Waals surface area contributed by atoms with Gasteiger partial charge in [0.25, 0.3) is 0 Å². The van der Waals surface area contributed by atoms with Gasteiger partial charge in [-0.15, -0.1) is 0 Å². The van der Waals surface area contributed by atoms with Crippen molar-refractivity contribution in [2.45, 2.75) is 32.4 Å². The van der Waals surface area contributed by atoms with Crippen LogP contribution in [0.1, 0.15) is 36.6 Å². The first kappa shape index (κ1) is 15.0. The molecule has 1 unspecified atom stereocenters. The first-order valence-corrected chi connectivity index (χ1v) is 8.20. The molecule has 0 saturated heterocycles. The summed E-state index contributed by atoms with van der Waals surface area (Å²) in [5.41, 5.74) is 3.97. The summed E-state index contributed by atoms with van der Waals surface area (Å²) in [6, 6.07) is 9.81. The molecule has 1 N–H and O–H groups in total. The number of anilines is 1. The Morgan fingerprint density at radius 1 is 1.21 bits per heavy atom. The Labute approximate surface area is 140 Å². The van der Waals surface area contributed by atoms with E-state index in [1.807, 2.05) is 26.0 Å². The van der Waals surface area contributed by atoms with Crippen LogP contribution in [0.3, 0.4) is 0 Å². The summed E-state index contributed by atoms with van der Waals surface area (Å²) >= 11 is 0. The number of hydrogen-bond donors (Lipinski definition) is 1. The molecule has 4 rings (SSSR count). The molecule has 5 heteroatoms. The van der Waals surface area contributed by atoms with Gasteiger partial charge in [-0.05, 0) is 43.7 Å².